The molecule has 2 heterocycles. The van der Waals surface area contributed by atoms with Gasteiger partial charge in [-0.2, -0.15) is 0 Å². The molecule has 2 rings (SSSR count). The van der Waals surface area contributed by atoms with Gasteiger partial charge in [0.05, 0.1) is 11.9 Å². The Morgan fingerprint density at radius 3 is 3.07 bits per heavy atom. The van der Waals surface area contributed by atoms with Crippen molar-refractivity contribution in [3.05, 3.63) is 11.9 Å². The predicted molar refractivity (Wildman–Crippen MR) is 58.4 cm³/mol. The summed E-state index contributed by atoms with van der Waals surface area (Å²) in [5, 5.41) is 11.3. The van der Waals surface area contributed by atoms with E-state index in [1.54, 1.807) is 0 Å². The lowest BCUT2D eigenvalue weighted by Gasteiger charge is -2.30. The van der Waals surface area contributed by atoms with E-state index in [2.05, 4.69) is 27.6 Å². The molecule has 0 aromatic carbocycles. The summed E-state index contributed by atoms with van der Waals surface area (Å²) >= 11 is 0. The van der Waals surface area contributed by atoms with Crippen LogP contribution in [0.5, 0.6) is 0 Å². The van der Waals surface area contributed by atoms with Crippen LogP contribution in [-0.4, -0.2) is 46.1 Å². The number of hydrogen-bond donors (Lipinski definition) is 1. The molecular weight excluding hydrogens is 190 g/mol. The van der Waals surface area contributed by atoms with Gasteiger partial charge in [0, 0.05) is 26.2 Å². The molecule has 84 valence electrons. The molecule has 1 N–H and O–H groups in total. The van der Waals surface area contributed by atoms with Gasteiger partial charge in [0.25, 0.3) is 0 Å². The van der Waals surface area contributed by atoms with E-state index in [1.807, 2.05) is 17.9 Å². The lowest BCUT2D eigenvalue weighted by Crippen LogP contribution is -2.43. The van der Waals surface area contributed by atoms with Crippen LogP contribution in [0.25, 0.3) is 0 Å². The molecule has 0 bridgehead atoms. The normalized spacial score (nSPS) is 23.2. The van der Waals surface area contributed by atoms with Crippen LogP contribution in [0.3, 0.4) is 0 Å². The maximum absolute atomic E-state index is 3.91. The maximum Gasteiger partial charge on any atom is 0.0738 e. The van der Waals surface area contributed by atoms with E-state index >= 15 is 0 Å². The number of rotatable bonds is 3. The fourth-order valence-corrected chi connectivity index (χ4v) is 2.05. The summed E-state index contributed by atoms with van der Waals surface area (Å²) < 4.78 is 1.82. The summed E-state index contributed by atoms with van der Waals surface area (Å²) in [6.07, 6.45) is 4.38. The Bertz CT molecular complexity index is 309. The van der Waals surface area contributed by atoms with Gasteiger partial charge >= 0.3 is 0 Å². The lowest BCUT2D eigenvalue weighted by atomic mass is 10.1. The van der Waals surface area contributed by atoms with Crippen LogP contribution in [0.2, 0.25) is 0 Å². The van der Waals surface area contributed by atoms with Crippen LogP contribution < -0.4 is 5.32 Å². The standard InChI is InChI=1S/C10H19N5/c1-14-5-3-4-9(8-14)11-6-10-7-12-13-15(10)2/h7,9,11H,3-6,8H2,1-2H3. The Labute approximate surface area is 90.5 Å². The molecule has 0 spiro atoms. The lowest BCUT2D eigenvalue weighted by molar-refractivity contribution is 0.226. The van der Waals surface area contributed by atoms with E-state index in [-0.39, 0.29) is 0 Å². The molecule has 5 heteroatoms. The van der Waals surface area contributed by atoms with E-state index in [4.69, 9.17) is 0 Å². The van der Waals surface area contributed by atoms with Crippen molar-refractivity contribution < 1.29 is 0 Å². The molecule has 15 heavy (non-hydrogen) atoms. The van der Waals surface area contributed by atoms with E-state index < -0.39 is 0 Å². The molecule has 1 aromatic rings. The minimum Gasteiger partial charge on any atom is -0.307 e. The van der Waals surface area contributed by atoms with Crippen molar-refractivity contribution >= 4 is 0 Å². The Morgan fingerprint density at radius 2 is 2.40 bits per heavy atom. The van der Waals surface area contributed by atoms with Crippen molar-refractivity contribution in [2.75, 3.05) is 20.1 Å². The Kier molecular flexibility index (Phi) is 3.33. The molecule has 1 fully saturated rings. The van der Waals surface area contributed by atoms with Crippen molar-refractivity contribution in [1.82, 2.24) is 25.2 Å². The van der Waals surface area contributed by atoms with Crippen LogP contribution in [0.4, 0.5) is 0 Å². The molecule has 0 aliphatic carbocycles. The van der Waals surface area contributed by atoms with Gasteiger partial charge in [-0.25, -0.2) is 0 Å². The third-order valence-electron chi connectivity index (χ3n) is 3.00. The number of aromatic nitrogens is 3. The zero-order valence-corrected chi connectivity index (χ0v) is 9.48. The van der Waals surface area contributed by atoms with E-state index in [0.717, 1.165) is 18.8 Å². The molecule has 1 aliphatic rings. The first-order valence-electron chi connectivity index (χ1n) is 5.51. The highest BCUT2D eigenvalue weighted by molar-refractivity contribution is 4.93. The van der Waals surface area contributed by atoms with Crippen molar-refractivity contribution in [1.29, 1.82) is 0 Å². The summed E-state index contributed by atoms with van der Waals surface area (Å²) in [5.41, 5.74) is 1.14. The summed E-state index contributed by atoms with van der Waals surface area (Å²) in [4.78, 5) is 2.38. The SMILES string of the molecule is CN1CCCC(NCc2cnnn2C)C1. The van der Waals surface area contributed by atoms with Gasteiger partial charge in [0.2, 0.25) is 0 Å². The number of aryl methyl sites for hydroxylation is 1. The summed E-state index contributed by atoms with van der Waals surface area (Å²) in [7, 11) is 4.11. The maximum atomic E-state index is 3.91. The van der Waals surface area contributed by atoms with Gasteiger partial charge in [-0.15, -0.1) is 5.10 Å². The quantitative estimate of drug-likeness (QED) is 0.761. The molecular formula is C10H19N5. The summed E-state index contributed by atoms with van der Waals surface area (Å²) in [5.74, 6) is 0. The molecule has 0 amide bonds. The predicted octanol–water partition coefficient (Wildman–Crippen LogP) is -0.00110. The Balaban J connectivity index is 1.80. The van der Waals surface area contributed by atoms with Crippen LogP contribution in [0, 0.1) is 0 Å². The summed E-state index contributed by atoms with van der Waals surface area (Å²) in [6, 6.07) is 0.610. The van der Waals surface area contributed by atoms with Gasteiger partial charge in [-0.1, -0.05) is 5.21 Å². The third kappa shape index (κ3) is 2.76. The molecule has 0 saturated carbocycles. The molecule has 5 nitrogen and oxygen atoms in total. The molecule has 0 radical (unpaired) electrons. The van der Waals surface area contributed by atoms with Crippen molar-refractivity contribution in [2.45, 2.75) is 25.4 Å². The second-order valence-electron chi connectivity index (χ2n) is 4.33. The van der Waals surface area contributed by atoms with E-state index in [0.29, 0.717) is 6.04 Å². The summed E-state index contributed by atoms with van der Waals surface area (Å²) in [6.45, 7) is 3.23. The zero-order valence-electron chi connectivity index (χ0n) is 9.48. The highest BCUT2D eigenvalue weighted by Crippen LogP contribution is 2.08. The number of piperidine rings is 1. The van der Waals surface area contributed by atoms with Crippen LogP contribution in [0.15, 0.2) is 6.20 Å². The van der Waals surface area contributed by atoms with Gasteiger partial charge < -0.3 is 10.2 Å². The van der Waals surface area contributed by atoms with Gasteiger partial charge in [0.15, 0.2) is 0 Å². The number of hydrogen-bond acceptors (Lipinski definition) is 4. The van der Waals surface area contributed by atoms with Crippen LogP contribution in [-0.2, 0) is 13.6 Å². The van der Waals surface area contributed by atoms with E-state index in [9.17, 15) is 0 Å². The minimum absolute atomic E-state index is 0.610. The van der Waals surface area contributed by atoms with Gasteiger partial charge in [-0.05, 0) is 26.4 Å². The topological polar surface area (TPSA) is 46.0 Å². The largest absolute Gasteiger partial charge is 0.307 e. The average molecular weight is 209 g/mol. The van der Waals surface area contributed by atoms with Crippen molar-refractivity contribution in [3.8, 4) is 0 Å². The number of likely N-dealkylation sites (N-methyl/N-ethyl adjacent to an activating group) is 1. The first-order valence-corrected chi connectivity index (χ1v) is 5.51. The number of nitrogens with one attached hydrogen (secondary N) is 1. The van der Waals surface area contributed by atoms with Crippen molar-refractivity contribution in [2.24, 2.45) is 7.05 Å². The van der Waals surface area contributed by atoms with Gasteiger partial charge in [0.1, 0.15) is 0 Å². The molecule has 1 saturated heterocycles. The first kappa shape index (κ1) is 10.6. The monoisotopic (exact) mass is 209 g/mol. The fraction of sp³-hybridized carbons (Fsp3) is 0.800. The van der Waals surface area contributed by atoms with E-state index in [1.165, 1.54) is 19.4 Å². The number of nitrogens with zero attached hydrogens (tertiary/aromatic N) is 4. The third-order valence-corrected chi connectivity index (χ3v) is 3.00. The fourth-order valence-electron chi connectivity index (χ4n) is 2.05. The zero-order chi connectivity index (χ0) is 10.7. The smallest absolute Gasteiger partial charge is 0.0738 e. The Hall–Kier alpha value is -0.940. The van der Waals surface area contributed by atoms with Crippen LogP contribution >= 0.6 is 0 Å². The van der Waals surface area contributed by atoms with Crippen LogP contribution in [0.1, 0.15) is 18.5 Å². The highest BCUT2D eigenvalue weighted by Gasteiger charge is 2.16. The Morgan fingerprint density at radius 1 is 1.53 bits per heavy atom. The second-order valence-corrected chi connectivity index (χ2v) is 4.33. The molecule has 1 atom stereocenters. The highest BCUT2D eigenvalue weighted by atomic mass is 15.4. The first-order chi connectivity index (χ1) is 7.25. The second kappa shape index (κ2) is 4.72. The van der Waals surface area contributed by atoms with Gasteiger partial charge in [-0.3, -0.25) is 4.68 Å². The van der Waals surface area contributed by atoms with Crippen molar-refractivity contribution in [3.63, 3.8) is 0 Å². The minimum atomic E-state index is 0.610. The number of likely N-dealkylation sites (tertiary alicyclic amines) is 1. The molecule has 1 aliphatic heterocycles. The average Bonchev–Trinajstić information content (AvgIpc) is 2.61. The molecule has 1 unspecified atom stereocenters. The molecule has 1 aromatic heterocycles.